The Labute approximate surface area is 167 Å². The van der Waals surface area contributed by atoms with Crippen LogP contribution in [0.15, 0.2) is 24.3 Å². The first kappa shape index (κ1) is 21.7. The van der Waals surface area contributed by atoms with E-state index in [4.69, 9.17) is 4.74 Å². The van der Waals surface area contributed by atoms with Gasteiger partial charge in [0.15, 0.2) is 0 Å². The zero-order valence-corrected chi connectivity index (χ0v) is 17.3. The van der Waals surface area contributed by atoms with Crippen LogP contribution in [0.2, 0.25) is 0 Å². The molecule has 0 saturated carbocycles. The predicted octanol–water partition coefficient (Wildman–Crippen LogP) is 3.64. The van der Waals surface area contributed by atoms with E-state index < -0.39 is 17.7 Å². The van der Waals surface area contributed by atoms with Gasteiger partial charge in [0, 0.05) is 13.1 Å². The van der Waals surface area contributed by atoms with Crippen molar-refractivity contribution in [3.05, 3.63) is 35.4 Å². The number of nitrogens with one attached hydrogen (secondary N) is 1. The van der Waals surface area contributed by atoms with Crippen molar-refractivity contribution in [3.63, 3.8) is 0 Å². The number of carbonyl (C=O) groups is 2. The van der Waals surface area contributed by atoms with Crippen molar-refractivity contribution in [2.45, 2.75) is 65.0 Å². The molecule has 1 aliphatic heterocycles. The van der Waals surface area contributed by atoms with Crippen LogP contribution >= 0.6 is 0 Å². The van der Waals surface area contributed by atoms with Gasteiger partial charge < -0.3 is 15.0 Å². The maximum atomic E-state index is 13.1. The van der Waals surface area contributed by atoms with E-state index >= 15 is 0 Å². The average Bonchev–Trinajstić information content (AvgIpc) is 2.64. The lowest BCUT2D eigenvalue weighted by Gasteiger charge is -2.33. The Morgan fingerprint density at radius 3 is 2.54 bits per heavy atom. The highest BCUT2D eigenvalue weighted by Crippen LogP contribution is 2.19. The van der Waals surface area contributed by atoms with Gasteiger partial charge in [-0.25, -0.2) is 4.79 Å². The van der Waals surface area contributed by atoms with Crippen LogP contribution in [-0.4, -0.2) is 41.6 Å². The van der Waals surface area contributed by atoms with Gasteiger partial charge in [0.1, 0.15) is 11.6 Å². The fourth-order valence-electron chi connectivity index (χ4n) is 3.30. The number of rotatable bonds is 5. The molecule has 0 radical (unpaired) electrons. The lowest BCUT2D eigenvalue weighted by Crippen LogP contribution is -2.51. The summed E-state index contributed by atoms with van der Waals surface area (Å²) in [7, 11) is 0. The molecule has 1 aliphatic rings. The van der Waals surface area contributed by atoms with Crippen LogP contribution in [0.1, 0.15) is 58.1 Å². The summed E-state index contributed by atoms with van der Waals surface area (Å²) in [5.74, 6) is 0.538. The molecular weight excluding hydrogens is 354 g/mol. The van der Waals surface area contributed by atoms with E-state index in [0.29, 0.717) is 37.4 Å². The summed E-state index contributed by atoms with van der Waals surface area (Å²) in [5.41, 5.74) is 0.838. The number of aryl methyl sites for hydroxylation is 1. The van der Waals surface area contributed by atoms with E-state index in [1.54, 1.807) is 26.8 Å². The van der Waals surface area contributed by atoms with Gasteiger partial charge >= 0.3 is 6.09 Å². The fraction of sp³-hybridized carbons (Fsp3) is 0.591. The van der Waals surface area contributed by atoms with Crippen LogP contribution in [0.25, 0.3) is 0 Å². The third-order valence-electron chi connectivity index (χ3n) is 4.92. The topological polar surface area (TPSA) is 82.4 Å². The Balaban J connectivity index is 2.10. The van der Waals surface area contributed by atoms with Crippen molar-refractivity contribution < 1.29 is 14.3 Å². The Bertz CT molecular complexity index is 725. The van der Waals surface area contributed by atoms with Gasteiger partial charge in [0.2, 0.25) is 5.91 Å². The first-order chi connectivity index (χ1) is 13.2. The molecule has 1 saturated heterocycles. The molecule has 0 aromatic heterocycles. The lowest BCUT2D eigenvalue weighted by molar-refractivity contribution is -0.135. The number of benzene rings is 1. The molecule has 1 N–H and O–H groups in total. The highest BCUT2D eigenvalue weighted by Gasteiger charge is 2.29. The zero-order valence-electron chi connectivity index (χ0n) is 17.3. The number of piperidine rings is 1. The number of carbonyl (C=O) groups excluding carboxylic acids is 2. The number of hydrogen-bond acceptors (Lipinski definition) is 4. The Morgan fingerprint density at radius 2 is 1.93 bits per heavy atom. The van der Waals surface area contributed by atoms with Gasteiger partial charge in [-0.1, -0.05) is 25.1 Å². The lowest BCUT2D eigenvalue weighted by atomic mass is 9.97. The van der Waals surface area contributed by atoms with E-state index in [9.17, 15) is 14.9 Å². The Morgan fingerprint density at radius 1 is 1.29 bits per heavy atom. The summed E-state index contributed by atoms with van der Waals surface area (Å²) in [4.78, 5) is 27.2. The van der Waals surface area contributed by atoms with Gasteiger partial charge in [-0.15, -0.1) is 0 Å². The molecule has 6 nitrogen and oxygen atoms in total. The Hall–Kier alpha value is -2.55. The molecule has 1 aromatic rings. The maximum absolute atomic E-state index is 13.1. The molecule has 152 valence electrons. The largest absolute Gasteiger partial charge is 0.444 e. The van der Waals surface area contributed by atoms with E-state index in [0.717, 1.165) is 18.4 Å². The predicted molar refractivity (Wildman–Crippen MR) is 108 cm³/mol. The molecule has 2 amide bonds. The number of alkyl carbamates (subject to hydrolysis) is 1. The molecule has 1 unspecified atom stereocenters. The SMILES string of the molecule is CC1CCN(C(=O)C(CCc2ccccc2C#N)NC(=O)OC(C)(C)C)CC1. The van der Waals surface area contributed by atoms with Gasteiger partial charge in [-0.2, -0.15) is 5.26 Å². The van der Waals surface area contributed by atoms with Crippen LogP contribution < -0.4 is 5.32 Å². The zero-order chi connectivity index (χ0) is 20.7. The van der Waals surface area contributed by atoms with Crippen molar-refractivity contribution in [1.29, 1.82) is 5.26 Å². The van der Waals surface area contributed by atoms with Crippen molar-refractivity contribution in [1.82, 2.24) is 10.2 Å². The second kappa shape index (κ2) is 9.59. The number of amides is 2. The molecule has 0 spiro atoms. The van der Waals surface area contributed by atoms with Crippen molar-refractivity contribution >= 4 is 12.0 Å². The average molecular weight is 386 g/mol. The first-order valence-electron chi connectivity index (χ1n) is 9.96. The molecule has 1 fully saturated rings. The number of hydrogen-bond donors (Lipinski definition) is 1. The van der Waals surface area contributed by atoms with Crippen LogP contribution in [0.3, 0.4) is 0 Å². The molecule has 2 rings (SSSR count). The molecule has 1 aromatic carbocycles. The van der Waals surface area contributed by atoms with Gasteiger partial charge in [0.05, 0.1) is 11.6 Å². The smallest absolute Gasteiger partial charge is 0.408 e. The quantitative estimate of drug-likeness (QED) is 0.839. The molecule has 0 bridgehead atoms. The minimum atomic E-state index is -0.671. The van der Waals surface area contributed by atoms with Crippen molar-refractivity contribution in [3.8, 4) is 6.07 Å². The second-order valence-electron chi connectivity index (χ2n) is 8.51. The molecule has 1 atom stereocenters. The van der Waals surface area contributed by atoms with Crippen LogP contribution in [-0.2, 0) is 16.0 Å². The van der Waals surface area contributed by atoms with Crippen LogP contribution in [0.4, 0.5) is 4.79 Å². The van der Waals surface area contributed by atoms with E-state index in [2.05, 4.69) is 18.3 Å². The van der Waals surface area contributed by atoms with Gasteiger partial charge in [-0.3, -0.25) is 4.79 Å². The van der Waals surface area contributed by atoms with Crippen LogP contribution in [0, 0.1) is 17.2 Å². The fourth-order valence-corrected chi connectivity index (χ4v) is 3.30. The number of likely N-dealkylation sites (tertiary alicyclic amines) is 1. The molecule has 1 heterocycles. The van der Waals surface area contributed by atoms with Gasteiger partial charge in [-0.05, 0) is 64.0 Å². The van der Waals surface area contributed by atoms with Gasteiger partial charge in [0.25, 0.3) is 0 Å². The van der Waals surface area contributed by atoms with E-state index in [1.165, 1.54) is 0 Å². The standard InChI is InChI=1S/C22H31N3O3/c1-16-11-13-25(14-12-16)20(26)19(24-21(27)28-22(2,3)4)10-9-17-7-5-6-8-18(17)15-23/h5-8,16,19H,9-14H2,1-4H3,(H,24,27). The monoisotopic (exact) mass is 385 g/mol. The molecule has 6 heteroatoms. The third-order valence-corrected chi connectivity index (χ3v) is 4.92. The summed E-state index contributed by atoms with van der Waals surface area (Å²) < 4.78 is 5.35. The maximum Gasteiger partial charge on any atom is 0.408 e. The molecule has 0 aliphatic carbocycles. The molecular formula is C22H31N3O3. The minimum Gasteiger partial charge on any atom is -0.444 e. The summed E-state index contributed by atoms with van der Waals surface area (Å²) >= 11 is 0. The second-order valence-corrected chi connectivity index (χ2v) is 8.51. The Kier molecular flexibility index (Phi) is 7.45. The number of nitriles is 1. The minimum absolute atomic E-state index is 0.0767. The number of ether oxygens (including phenoxy) is 1. The summed E-state index contributed by atoms with van der Waals surface area (Å²) in [6.45, 7) is 8.98. The normalized spacial score (nSPS) is 16.2. The summed E-state index contributed by atoms with van der Waals surface area (Å²) in [6, 6.07) is 8.85. The third kappa shape index (κ3) is 6.56. The molecule has 28 heavy (non-hydrogen) atoms. The summed E-state index contributed by atoms with van der Waals surface area (Å²) in [6.07, 6.45) is 2.30. The summed E-state index contributed by atoms with van der Waals surface area (Å²) in [5, 5.41) is 12.0. The van der Waals surface area contributed by atoms with E-state index in [1.807, 2.05) is 23.1 Å². The first-order valence-corrected chi connectivity index (χ1v) is 9.96. The highest BCUT2D eigenvalue weighted by molar-refractivity contribution is 5.85. The van der Waals surface area contributed by atoms with E-state index in [-0.39, 0.29) is 5.91 Å². The van der Waals surface area contributed by atoms with Crippen molar-refractivity contribution in [2.75, 3.05) is 13.1 Å². The number of nitrogens with zero attached hydrogens (tertiary/aromatic N) is 2. The van der Waals surface area contributed by atoms with Crippen LogP contribution in [0.5, 0.6) is 0 Å². The highest BCUT2D eigenvalue weighted by atomic mass is 16.6. The van der Waals surface area contributed by atoms with Crippen molar-refractivity contribution in [2.24, 2.45) is 5.92 Å².